The van der Waals surface area contributed by atoms with Gasteiger partial charge >= 0.3 is 0 Å². The predicted molar refractivity (Wildman–Crippen MR) is 115 cm³/mol. The second-order valence-corrected chi connectivity index (χ2v) is 6.01. The summed E-state index contributed by atoms with van der Waals surface area (Å²) in [6.45, 7) is 6.98. The molecule has 0 amide bonds. The molecule has 1 aliphatic heterocycles. The van der Waals surface area contributed by atoms with Crippen molar-refractivity contribution in [2.24, 2.45) is 4.99 Å². The molecular formula is C19H32IN3O3. The second-order valence-electron chi connectivity index (χ2n) is 6.01. The van der Waals surface area contributed by atoms with E-state index in [4.69, 9.17) is 14.2 Å². The molecule has 26 heavy (non-hydrogen) atoms. The number of halogens is 1. The zero-order valence-electron chi connectivity index (χ0n) is 15.8. The first-order chi connectivity index (χ1) is 12.3. The molecule has 2 N–H and O–H groups in total. The van der Waals surface area contributed by atoms with Crippen LogP contribution in [0.4, 0.5) is 0 Å². The zero-order chi connectivity index (χ0) is 17.7. The Labute approximate surface area is 174 Å². The van der Waals surface area contributed by atoms with Crippen LogP contribution >= 0.6 is 24.0 Å². The van der Waals surface area contributed by atoms with Gasteiger partial charge < -0.3 is 24.8 Å². The minimum Gasteiger partial charge on any atom is -0.379 e. The maximum atomic E-state index is 5.62. The van der Waals surface area contributed by atoms with Crippen LogP contribution in [0.1, 0.15) is 30.9 Å². The van der Waals surface area contributed by atoms with Gasteiger partial charge in [-0.25, -0.2) is 0 Å². The Hall–Kier alpha value is -0.900. The van der Waals surface area contributed by atoms with Gasteiger partial charge in [-0.1, -0.05) is 24.3 Å². The van der Waals surface area contributed by atoms with Crippen LogP contribution in [0.2, 0.25) is 0 Å². The van der Waals surface area contributed by atoms with Crippen molar-refractivity contribution in [2.75, 3.05) is 40.0 Å². The van der Waals surface area contributed by atoms with Crippen molar-refractivity contribution < 1.29 is 14.2 Å². The Bertz CT molecular complexity index is 523. The molecule has 1 unspecified atom stereocenters. The summed E-state index contributed by atoms with van der Waals surface area (Å²) >= 11 is 0. The summed E-state index contributed by atoms with van der Waals surface area (Å²) in [5.41, 5.74) is 2.36. The quantitative estimate of drug-likeness (QED) is 0.235. The molecule has 1 atom stereocenters. The summed E-state index contributed by atoms with van der Waals surface area (Å²) in [5, 5.41) is 6.67. The zero-order valence-corrected chi connectivity index (χ0v) is 18.2. The lowest BCUT2D eigenvalue weighted by Crippen LogP contribution is -2.40. The van der Waals surface area contributed by atoms with E-state index in [1.165, 1.54) is 5.56 Å². The number of hydrogen-bond acceptors (Lipinski definition) is 4. The average Bonchev–Trinajstić information content (AvgIpc) is 3.16. The molecule has 0 saturated carbocycles. The molecule has 0 spiro atoms. The molecule has 148 valence electrons. The van der Waals surface area contributed by atoms with Crippen LogP contribution in [-0.4, -0.2) is 52.1 Å². The van der Waals surface area contributed by atoms with Gasteiger partial charge in [0, 0.05) is 33.4 Å². The monoisotopic (exact) mass is 477 g/mol. The summed E-state index contributed by atoms with van der Waals surface area (Å²) in [5.74, 6) is 0.800. The third-order valence-corrected chi connectivity index (χ3v) is 4.04. The van der Waals surface area contributed by atoms with Crippen LogP contribution in [-0.2, 0) is 27.4 Å². The molecule has 0 aliphatic carbocycles. The van der Waals surface area contributed by atoms with Gasteiger partial charge in [-0.2, -0.15) is 0 Å². The van der Waals surface area contributed by atoms with Crippen molar-refractivity contribution in [3.05, 3.63) is 35.4 Å². The van der Waals surface area contributed by atoms with Crippen LogP contribution in [0.15, 0.2) is 29.3 Å². The Balaban J connectivity index is 0.00000338. The number of hydrogen-bond donors (Lipinski definition) is 2. The summed E-state index contributed by atoms with van der Waals surface area (Å²) in [6, 6.07) is 8.39. The third-order valence-electron chi connectivity index (χ3n) is 4.04. The summed E-state index contributed by atoms with van der Waals surface area (Å²) in [4.78, 5) is 4.26. The van der Waals surface area contributed by atoms with Crippen LogP contribution in [0, 0.1) is 0 Å². The van der Waals surface area contributed by atoms with Gasteiger partial charge in [0.25, 0.3) is 0 Å². The van der Waals surface area contributed by atoms with Gasteiger partial charge in [-0.3, -0.25) is 4.99 Å². The number of ether oxygens (including phenoxy) is 3. The Kier molecular flexibility index (Phi) is 12.6. The van der Waals surface area contributed by atoms with Crippen LogP contribution in [0.25, 0.3) is 0 Å². The Morgan fingerprint density at radius 3 is 2.77 bits per heavy atom. The maximum Gasteiger partial charge on any atom is 0.191 e. The summed E-state index contributed by atoms with van der Waals surface area (Å²) in [7, 11) is 1.79. The molecule has 1 heterocycles. The number of benzene rings is 1. The molecule has 0 aromatic heterocycles. The van der Waals surface area contributed by atoms with E-state index >= 15 is 0 Å². The van der Waals surface area contributed by atoms with E-state index < -0.39 is 0 Å². The average molecular weight is 477 g/mol. The molecule has 0 radical (unpaired) electrons. The fourth-order valence-corrected chi connectivity index (χ4v) is 2.70. The first-order valence-corrected chi connectivity index (χ1v) is 9.11. The number of aliphatic imine (C=N–C) groups is 1. The van der Waals surface area contributed by atoms with Gasteiger partial charge in [0.2, 0.25) is 0 Å². The standard InChI is InChI=1S/C19H31N3O3.HI/c1-3-23-10-11-24-15-17-7-4-6-16(12-17)13-21-19(20-2)22-14-18-8-5-9-25-18;/h4,6-7,12,18H,3,5,8-11,13-15H2,1-2H3,(H2,20,21,22);1H. The Morgan fingerprint density at radius 2 is 2.04 bits per heavy atom. The minimum atomic E-state index is 0. The molecule has 1 aromatic carbocycles. The summed E-state index contributed by atoms with van der Waals surface area (Å²) in [6.07, 6.45) is 2.57. The van der Waals surface area contributed by atoms with E-state index in [-0.39, 0.29) is 24.0 Å². The number of nitrogens with zero attached hydrogens (tertiary/aromatic N) is 1. The predicted octanol–water partition coefficient (Wildman–Crippen LogP) is 2.70. The van der Waals surface area contributed by atoms with Gasteiger partial charge in [-0.05, 0) is 30.9 Å². The molecule has 7 heteroatoms. The van der Waals surface area contributed by atoms with Crippen molar-refractivity contribution in [3.8, 4) is 0 Å². The highest BCUT2D eigenvalue weighted by molar-refractivity contribution is 14.0. The molecule has 6 nitrogen and oxygen atoms in total. The number of guanidine groups is 1. The topological polar surface area (TPSA) is 64.1 Å². The third kappa shape index (κ3) is 9.16. The molecule has 1 aliphatic rings. The van der Waals surface area contributed by atoms with E-state index in [0.29, 0.717) is 25.9 Å². The second kappa shape index (κ2) is 14.2. The Morgan fingerprint density at radius 1 is 1.23 bits per heavy atom. The molecule has 0 bridgehead atoms. The van der Waals surface area contributed by atoms with Gasteiger partial charge in [-0.15, -0.1) is 24.0 Å². The van der Waals surface area contributed by atoms with E-state index in [2.05, 4.69) is 39.9 Å². The molecule has 2 rings (SSSR count). The lowest BCUT2D eigenvalue weighted by atomic mass is 10.1. The SMILES string of the molecule is CCOCCOCc1cccc(CNC(=NC)NCC2CCCO2)c1.I. The van der Waals surface area contributed by atoms with Gasteiger partial charge in [0.15, 0.2) is 5.96 Å². The number of nitrogens with one attached hydrogen (secondary N) is 2. The molecule has 1 saturated heterocycles. The van der Waals surface area contributed by atoms with Crippen molar-refractivity contribution in [3.63, 3.8) is 0 Å². The lowest BCUT2D eigenvalue weighted by Gasteiger charge is -2.15. The van der Waals surface area contributed by atoms with Crippen molar-refractivity contribution in [2.45, 2.75) is 39.0 Å². The highest BCUT2D eigenvalue weighted by Gasteiger charge is 2.15. The highest BCUT2D eigenvalue weighted by Crippen LogP contribution is 2.10. The fraction of sp³-hybridized carbons (Fsp3) is 0.632. The lowest BCUT2D eigenvalue weighted by molar-refractivity contribution is 0.0453. The minimum absolute atomic E-state index is 0. The van der Waals surface area contributed by atoms with Crippen molar-refractivity contribution in [1.82, 2.24) is 10.6 Å². The molecule has 1 fully saturated rings. The number of rotatable bonds is 10. The van der Waals surface area contributed by atoms with Crippen molar-refractivity contribution in [1.29, 1.82) is 0 Å². The van der Waals surface area contributed by atoms with Crippen molar-refractivity contribution >= 4 is 29.9 Å². The van der Waals surface area contributed by atoms with Crippen LogP contribution in [0.3, 0.4) is 0 Å². The van der Waals surface area contributed by atoms with Crippen LogP contribution in [0.5, 0.6) is 0 Å². The molecular weight excluding hydrogens is 445 g/mol. The van der Waals surface area contributed by atoms with Gasteiger partial charge in [0.05, 0.1) is 25.9 Å². The smallest absolute Gasteiger partial charge is 0.191 e. The normalized spacial score (nSPS) is 17.0. The largest absolute Gasteiger partial charge is 0.379 e. The highest BCUT2D eigenvalue weighted by atomic mass is 127. The van der Waals surface area contributed by atoms with E-state index in [0.717, 1.165) is 50.7 Å². The molecule has 1 aromatic rings. The first-order valence-electron chi connectivity index (χ1n) is 9.11. The first kappa shape index (κ1) is 23.1. The van der Waals surface area contributed by atoms with E-state index in [9.17, 15) is 0 Å². The fourth-order valence-electron chi connectivity index (χ4n) is 2.70. The maximum absolute atomic E-state index is 5.62. The van der Waals surface area contributed by atoms with E-state index in [1.807, 2.05) is 6.92 Å². The summed E-state index contributed by atoms with van der Waals surface area (Å²) < 4.78 is 16.5. The van der Waals surface area contributed by atoms with Crippen LogP contribution < -0.4 is 10.6 Å². The van der Waals surface area contributed by atoms with E-state index in [1.54, 1.807) is 7.05 Å². The van der Waals surface area contributed by atoms with Gasteiger partial charge in [0.1, 0.15) is 0 Å².